The highest BCUT2D eigenvalue weighted by Gasteiger charge is 2.64. The molecule has 0 spiro atoms. The molecule has 3 amide bonds. The van der Waals surface area contributed by atoms with Crippen molar-refractivity contribution >= 4 is 29.3 Å². The summed E-state index contributed by atoms with van der Waals surface area (Å²) >= 11 is 0. The molecule has 1 saturated carbocycles. The molecule has 1 saturated heterocycles. The van der Waals surface area contributed by atoms with Crippen LogP contribution in [0.5, 0.6) is 5.75 Å². The van der Waals surface area contributed by atoms with Crippen LogP contribution in [0, 0.1) is 23.7 Å². The number of aliphatic hydroxyl groups is 3. The Balaban J connectivity index is 1.63. The summed E-state index contributed by atoms with van der Waals surface area (Å²) in [5.74, 6) is -1.82. The van der Waals surface area contributed by atoms with Gasteiger partial charge in [-0.15, -0.1) is 5.92 Å². The zero-order chi connectivity index (χ0) is 31.4. The first-order valence-corrected chi connectivity index (χ1v) is 13.9. The number of ether oxygens (including phenoxy) is 1. The number of nitrogens with one attached hydrogen (secondary N) is 1. The predicted octanol–water partition coefficient (Wildman–Crippen LogP) is -0.123. The summed E-state index contributed by atoms with van der Waals surface area (Å²) in [6, 6.07) is 0.120. The minimum Gasteiger partial charge on any atom is -0.508 e. The Hall–Kier alpha value is -4.38. The third-order valence-electron chi connectivity index (χ3n) is 8.80. The lowest BCUT2D eigenvalue weighted by Crippen LogP contribution is -2.65. The van der Waals surface area contributed by atoms with Crippen molar-refractivity contribution in [2.75, 3.05) is 40.4 Å². The molecule has 13 heteroatoms. The van der Waals surface area contributed by atoms with Crippen molar-refractivity contribution < 1.29 is 44.3 Å². The number of primary amides is 1. The minimum absolute atomic E-state index is 0.0259. The quantitative estimate of drug-likeness (QED) is 0.201. The van der Waals surface area contributed by atoms with Crippen LogP contribution in [0.25, 0.3) is 5.76 Å². The number of nitrogens with zero attached hydrogens (tertiary/aromatic N) is 2. The molecule has 4 unspecified atom stereocenters. The van der Waals surface area contributed by atoms with Gasteiger partial charge < -0.3 is 41.1 Å². The number of carbonyl (C=O) groups is 4. The molecule has 228 valence electrons. The summed E-state index contributed by atoms with van der Waals surface area (Å²) < 4.78 is 5.30. The molecule has 0 aromatic heterocycles. The predicted molar refractivity (Wildman–Crippen MR) is 151 cm³/mol. The number of rotatable bonds is 4. The smallest absolute Gasteiger partial charge is 0.317 e. The SMILES string of the molecule is CC#Cc1cc(CNC(=O)N2CCOCC2)c2c(c1O)C(O)=C1C(=O)C3(O)C(O)=C(C(N)=O)C(=O)C(N(C)C)C3CC1C2. The van der Waals surface area contributed by atoms with Crippen LogP contribution in [0.15, 0.2) is 23.0 Å². The maximum absolute atomic E-state index is 14.1. The van der Waals surface area contributed by atoms with E-state index in [4.69, 9.17) is 10.5 Å². The van der Waals surface area contributed by atoms with E-state index >= 15 is 0 Å². The fraction of sp³-hybridized carbons (Fsp3) is 0.467. The van der Waals surface area contributed by atoms with E-state index in [-0.39, 0.29) is 47.9 Å². The molecular formula is C30H34N4O9. The molecule has 4 atom stereocenters. The first-order chi connectivity index (χ1) is 20.3. The number of phenols is 1. The highest BCUT2D eigenvalue weighted by atomic mass is 16.5. The van der Waals surface area contributed by atoms with Crippen LogP contribution < -0.4 is 11.1 Å². The number of benzene rings is 1. The second-order valence-corrected chi connectivity index (χ2v) is 11.4. The van der Waals surface area contributed by atoms with E-state index in [0.717, 1.165) is 0 Å². The second kappa shape index (κ2) is 11.0. The van der Waals surface area contributed by atoms with Crippen LogP contribution in [0.1, 0.15) is 35.6 Å². The molecule has 0 radical (unpaired) electrons. The fourth-order valence-electron chi connectivity index (χ4n) is 6.83. The van der Waals surface area contributed by atoms with E-state index in [9.17, 15) is 39.6 Å². The Morgan fingerprint density at radius 2 is 1.88 bits per heavy atom. The highest BCUT2D eigenvalue weighted by molar-refractivity contribution is 6.24. The number of aliphatic hydroxyl groups excluding tert-OH is 2. The molecule has 1 aliphatic heterocycles. The summed E-state index contributed by atoms with van der Waals surface area (Å²) in [5.41, 5.74) is 2.61. The van der Waals surface area contributed by atoms with Gasteiger partial charge >= 0.3 is 6.03 Å². The molecular weight excluding hydrogens is 560 g/mol. The topological polar surface area (TPSA) is 203 Å². The van der Waals surface area contributed by atoms with Crippen LogP contribution in [-0.2, 0) is 32.1 Å². The maximum Gasteiger partial charge on any atom is 0.317 e. The van der Waals surface area contributed by atoms with Gasteiger partial charge in [-0.05, 0) is 57.0 Å². The van der Waals surface area contributed by atoms with Gasteiger partial charge in [0.2, 0.25) is 5.78 Å². The van der Waals surface area contributed by atoms with E-state index in [1.54, 1.807) is 17.9 Å². The lowest BCUT2D eigenvalue weighted by Gasteiger charge is -2.50. The van der Waals surface area contributed by atoms with Gasteiger partial charge in [-0.3, -0.25) is 19.3 Å². The van der Waals surface area contributed by atoms with E-state index < -0.39 is 58.0 Å². The summed E-state index contributed by atoms with van der Waals surface area (Å²) in [6.45, 7) is 3.29. The normalized spacial score (nSPS) is 26.8. The van der Waals surface area contributed by atoms with Crippen LogP contribution in [-0.4, -0.2) is 106 Å². The summed E-state index contributed by atoms with van der Waals surface area (Å²) in [4.78, 5) is 55.4. The first kappa shape index (κ1) is 30.1. The molecule has 43 heavy (non-hydrogen) atoms. The Morgan fingerprint density at radius 1 is 1.21 bits per heavy atom. The number of amides is 3. The van der Waals surface area contributed by atoms with Crippen LogP contribution >= 0.6 is 0 Å². The maximum atomic E-state index is 14.1. The summed E-state index contributed by atoms with van der Waals surface area (Å²) in [6.07, 6.45) is 0.0628. The Bertz CT molecular complexity index is 1560. The molecule has 1 aromatic carbocycles. The van der Waals surface area contributed by atoms with Gasteiger partial charge in [-0.1, -0.05) is 5.92 Å². The molecule has 3 aliphatic carbocycles. The first-order valence-electron chi connectivity index (χ1n) is 13.9. The van der Waals surface area contributed by atoms with Crippen molar-refractivity contribution in [3.63, 3.8) is 0 Å². The van der Waals surface area contributed by atoms with E-state index in [1.165, 1.54) is 19.0 Å². The van der Waals surface area contributed by atoms with Gasteiger partial charge in [-0.25, -0.2) is 4.79 Å². The molecule has 0 bridgehead atoms. The molecule has 2 fully saturated rings. The third kappa shape index (κ3) is 4.62. The third-order valence-corrected chi connectivity index (χ3v) is 8.80. The zero-order valence-electron chi connectivity index (χ0n) is 24.1. The number of Topliss-reactive ketones (excluding diaryl/α,β-unsaturated/α-hetero) is 2. The monoisotopic (exact) mass is 594 g/mol. The molecule has 5 rings (SSSR count). The summed E-state index contributed by atoms with van der Waals surface area (Å²) in [7, 11) is 3.08. The van der Waals surface area contributed by atoms with Gasteiger partial charge in [0.05, 0.1) is 30.4 Å². The number of hydrogen-bond donors (Lipinski definition) is 6. The van der Waals surface area contributed by atoms with Crippen LogP contribution in [0.4, 0.5) is 4.79 Å². The molecule has 4 aliphatic rings. The van der Waals surface area contributed by atoms with Crippen molar-refractivity contribution in [1.29, 1.82) is 0 Å². The largest absolute Gasteiger partial charge is 0.508 e. The number of ketones is 2. The number of fused-ring (bicyclic) bond motifs is 3. The Kier molecular flexibility index (Phi) is 7.72. The van der Waals surface area contributed by atoms with Crippen molar-refractivity contribution in [3.05, 3.63) is 45.2 Å². The van der Waals surface area contributed by atoms with Crippen molar-refractivity contribution in [1.82, 2.24) is 15.1 Å². The highest BCUT2D eigenvalue weighted by Crippen LogP contribution is 2.53. The number of hydrogen-bond acceptors (Lipinski definition) is 10. The van der Waals surface area contributed by atoms with Crippen molar-refractivity contribution in [2.24, 2.45) is 17.6 Å². The van der Waals surface area contributed by atoms with Crippen molar-refractivity contribution in [2.45, 2.75) is 38.0 Å². The minimum atomic E-state index is -2.73. The number of carbonyl (C=O) groups excluding carboxylic acids is 4. The molecule has 13 nitrogen and oxygen atoms in total. The van der Waals surface area contributed by atoms with E-state index in [2.05, 4.69) is 17.2 Å². The Labute approximate surface area is 247 Å². The van der Waals surface area contributed by atoms with Gasteiger partial charge in [0, 0.05) is 31.1 Å². The Morgan fingerprint density at radius 3 is 2.49 bits per heavy atom. The van der Waals surface area contributed by atoms with E-state index in [0.29, 0.717) is 37.4 Å². The number of morpholine rings is 1. The van der Waals surface area contributed by atoms with E-state index in [1.807, 2.05) is 0 Å². The number of aromatic hydroxyl groups is 1. The number of likely N-dealkylation sites (N-methyl/N-ethyl adjacent to an activating group) is 1. The van der Waals surface area contributed by atoms with Gasteiger partial charge in [0.15, 0.2) is 11.4 Å². The molecule has 1 heterocycles. The van der Waals surface area contributed by atoms with Crippen LogP contribution in [0.2, 0.25) is 0 Å². The number of nitrogens with two attached hydrogens (primary N) is 1. The lowest BCUT2D eigenvalue weighted by molar-refractivity contribution is -0.153. The summed E-state index contributed by atoms with van der Waals surface area (Å²) in [5, 5.41) is 48.4. The van der Waals surface area contributed by atoms with Gasteiger partial charge in [-0.2, -0.15) is 0 Å². The molecule has 7 N–H and O–H groups in total. The average molecular weight is 595 g/mol. The fourth-order valence-corrected chi connectivity index (χ4v) is 6.83. The second-order valence-electron chi connectivity index (χ2n) is 11.4. The zero-order valence-corrected chi connectivity index (χ0v) is 24.1. The molecule has 1 aromatic rings. The van der Waals surface area contributed by atoms with Crippen molar-refractivity contribution in [3.8, 4) is 17.6 Å². The number of phenolic OH excluding ortho intramolecular Hbond substituents is 1. The lowest BCUT2D eigenvalue weighted by atomic mass is 9.57. The van der Waals surface area contributed by atoms with Gasteiger partial charge in [0.25, 0.3) is 5.91 Å². The average Bonchev–Trinajstić information content (AvgIpc) is 2.95. The standard InChI is InChI=1S/C30H34N4O9/c1-4-5-14-10-16(13-32-29(41)34-6-8-43-9-7-34)17-11-15-12-18-22(33(2)3)25(37)21(28(31)40)27(39)30(18,42)26(38)19(15)24(36)20(17)23(14)35/h10,15,18,22,35-36,39,42H,6-9,11-13H2,1-3H3,(H2,31,40)(H,32,41). The van der Waals surface area contributed by atoms with Crippen LogP contribution in [0.3, 0.4) is 0 Å². The van der Waals surface area contributed by atoms with Gasteiger partial charge in [0.1, 0.15) is 22.8 Å². The number of urea groups is 1.